The number of hydrogen-bond acceptors (Lipinski definition) is 6. The van der Waals surface area contributed by atoms with Crippen LogP contribution in [0, 0.1) is 0 Å². The number of H-pyrrole nitrogens is 1. The number of carbonyl (C=O) groups is 1. The first kappa shape index (κ1) is 19.9. The SMILES string of the molecule is O=C(c1ccc(N(c2ncc3cn[nH]c3n2)C2CCCCCC2)cc1)N1CCOCC1. The van der Waals surface area contributed by atoms with E-state index < -0.39 is 0 Å². The molecule has 0 bridgehead atoms. The highest BCUT2D eigenvalue weighted by Gasteiger charge is 2.25. The van der Waals surface area contributed by atoms with E-state index in [-0.39, 0.29) is 5.91 Å². The lowest BCUT2D eigenvalue weighted by Gasteiger charge is -2.31. The van der Waals surface area contributed by atoms with Crippen molar-refractivity contribution < 1.29 is 9.53 Å². The van der Waals surface area contributed by atoms with Gasteiger partial charge in [-0.05, 0) is 37.1 Å². The second kappa shape index (κ2) is 9.01. The van der Waals surface area contributed by atoms with Crippen molar-refractivity contribution in [3.63, 3.8) is 0 Å². The summed E-state index contributed by atoms with van der Waals surface area (Å²) in [5.74, 6) is 0.738. The van der Waals surface area contributed by atoms with Gasteiger partial charge >= 0.3 is 0 Å². The number of hydrogen-bond donors (Lipinski definition) is 1. The number of carbonyl (C=O) groups excluding carboxylic acids is 1. The predicted molar refractivity (Wildman–Crippen MR) is 118 cm³/mol. The summed E-state index contributed by atoms with van der Waals surface area (Å²) in [5.41, 5.74) is 2.46. The number of benzene rings is 1. The van der Waals surface area contributed by atoms with E-state index in [9.17, 15) is 4.79 Å². The van der Waals surface area contributed by atoms with Crippen LogP contribution >= 0.6 is 0 Å². The number of rotatable bonds is 4. The van der Waals surface area contributed by atoms with E-state index in [1.165, 1.54) is 25.7 Å². The first-order valence-electron chi connectivity index (χ1n) is 11.2. The number of nitrogens with one attached hydrogen (secondary N) is 1. The summed E-state index contributed by atoms with van der Waals surface area (Å²) < 4.78 is 5.37. The lowest BCUT2D eigenvalue weighted by Crippen LogP contribution is -2.40. The van der Waals surface area contributed by atoms with Gasteiger partial charge < -0.3 is 14.5 Å². The van der Waals surface area contributed by atoms with Crippen LogP contribution in [0.1, 0.15) is 48.9 Å². The van der Waals surface area contributed by atoms with E-state index in [4.69, 9.17) is 9.72 Å². The van der Waals surface area contributed by atoms with E-state index in [0.29, 0.717) is 43.9 Å². The molecule has 1 aromatic carbocycles. The summed E-state index contributed by atoms with van der Waals surface area (Å²) in [7, 11) is 0. The highest BCUT2D eigenvalue weighted by molar-refractivity contribution is 5.94. The van der Waals surface area contributed by atoms with Gasteiger partial charge in [0.1, 0.15) is 0 Å². The van der Waals surface area contributed by atoms with Crippen molar-refractivity contribution in [3.05, 3.63) is 42.2 Å². The molecular weight excluding hydrogens is 392 g/mol. The molecule has 0 radical (unpaired) electrons. The fourth-order valence-corrected chi connectivity index (χ4v) is 4.56. The molecule has 3 heterocycles. The van der Waals surface area contributed by atoms with Gasteiger partial charge in [0.05, 0.1) is 24.8 Å². The van der Waals surface area contributed by atoms with Crippen LogP contribution in [0.15, 0.2) is 36.7 Å². The second-order valence-corrected chi connectivity index (χ2v) is 8.31. The van der Waals surface area contributed by atoms with Gasteiger partial charge in [0.15, 0.2) is 5.65 Å². The Hall–Kier alpha value is -3.00. The van der Waals surface area contributed by atoms with E-state index in [2.05, 4.69) is 20.1 Å². The molecule has 2 fully saturated rings. The van der Waals surface area contributed by atoms with Gasteiger partial charge in [0, 0.05) is 36.6 Å². The fraction of sp³-hybridized carbons (Fsp3) is 0.478. The molecule has 1 N–H and O–H groups in total. The van der Waals surface area contributed by atoms with Crippen LogP contribution < -0.4 is 4.90 Å². The molecule has 1 saturated carbocycles. The predicted octanol–water partition coefficient (Wildman–Crippen LogP) is 3.69. The zero-order valence-electron chi connectivity index (χ0n) is 17.7. The van der Waals surface area contributed by atoms with Gasteiger partial charge in [-0.3, -0.25) is 9.89 Å². The van der Waals surface area contributed by atoms with E-state index in [0.717, 1.165) is 29.6 Å². The lowest BCUT2D eigenvalue weighted by atomic mass is 10.1. The molecule has 0 unspecified atom stereocenters. The van der Waals surface area contributed by atoms with Crippen LogP contribution in [0.4, 0.5) is 11.6 Å². The first-order chi connectivity index (χ1) is 15.3. The minimum absolute atomic E-state index is 0.0611. The van der Waals surface area contributed by atoms with Crippen molar-refractivity contribution in [1.29, 1.82) is 0 Å². The summed E-state index contributed by atoms with van der Waals surface area (Å²) in [5, 5.41) is 7.93. The lowest BCUT2D eigenvalue weighted by molar-refractivity contribution is 0.0303. The molecular formula is C23H28N6O2. The average Bonchev–Trinajstić information content (AvgIpc) is 3.14. The van der Waals surface area contributed by atoms with E-state index in [1.54, 1.807) is 6.20 Å². The summed E-state index contributed by atoms with van der Waals surface area (Å²) in [6, 6.07) is 8.23. The van der Waals surface area contributed by atoms with E-state index >= 15 is 0 Å². The Bertz CT molecular complexity index is 1020. The summed E-state index contributed by atoms with van der Waals surface area (Å²) in [4.78, 5) is 26.4. The zero-order chi connectivity index (χ0) is 21.0. The van der Waals surface area contributed by atoms with Crippen molar-refractivity contribution in [2.75, 3.05) is 31.2 Å². The van der Waals surface area contributed by atoms with Gasteiger partial charge in [-0.25, -0.2) is 4.98 Å². The third-order valence-electron chi connectivity index (χ3n) is 6.27. The van der Waals surface area contributed by atoms with Crippen LogP contribution in [0.2, 0.25) is 0 Å². The third-order valence-corrected chi connectivity index (χ3v) is 6.27. The second-order valence-electron chi connectivity index (χ2n) is 8.31. The maximum atomic E-state index is 12.8. The van der Waals surface area contributed by atoms with E-state index in [1.807, 2.05) is 35.4 Å². The molecule has 1 aliphatic heterocycles. The molecule has 1 saturated heterocycles. The smallest absolute Gasteiger partial charge is 0.254 e. The number of fused-ring (bicyclic) bond motifs is 1. The van der Waals surface area contributed by atoms with Crippen LogP contribution in [0.25, 0.3) is 11.0 Å². The fourth-order valence-electron chi connectivity index (χ4n) is 4.56. The van der Waals surface area contributed by atoms with Gasteiger partial charge in [-0.1, -0.05) is 25.7 Å². The molecule has 8 heteroatoms. The topological polar surface area (TPSA) is 87.2 Å². The van der Waals surface area contributed by atoms with Crippen molar-refractivity contribution >= 4 is 28.6 Å². The number of amides is 1. The molecule has 2 aliphatic rings. The van der Waals surface area contributed by atoms with Crippen LogP contribution in [-0.4, -0.2) is 63.3 Å². The van der Waals surface area contributed by atoms with Crippen LogP contribution in [0.5, 0.6) is 0 Å². The highest BCUT2D eigenvalue weighted by atomic mass is 16.5. The molecule has 31 heavy (non-hydrogen) atoms. The van der Waals surface area contributed by atoms with Crippen molar-refractivity contribution in [1.82, 2.24) is 25.1 Å². The number of anilines is 2. The van der Waals surface area contributed by atoms with Crippen molar-refractivity contribution in [3.8, 4) is 0 Å². The largest absolute Gasteiger partial charge is 0.378 e. The molecule has 3 aromatic rings. The Morgan fingerprint density at radius 3 is 2.52 bits per heavy atom. The molecule has 0 atom stereocenters. The molecule has 1 aliphatic carbocycles. The summed E-state index contributed by atoms with van der Waals surface area (Å²) in [6.07, 6.45) is 10.7. The maximum absolute atomic E-state index is 12.8. The minimum Gasteiger partial charge on any atom is -0.378 e. The quantitative estimate of drug-likeness (QED) is 0.648. The number of morpholine rings is 1. The summed E-state index contributed by atoms with van der Waals surface area (Å²) >= 11 is 0. The molecule has 2 aromatic heterocycles. The Kier molecular flexibility index (Phi) is 5.80. The molecule has 0 spiro atoms. The third kappa shape index (κ3) is 4.25. The highest BCUT2D eigenvalue weighted by Crippen LogP contribution is 2.32. The molecule has 5 rings (SSSR count). The first-order valence-corrected chi connectivity index (χ1v) is 11.2. The monoisotopic (exact) mass is 420 g/mol. The normalized spacial score (nSPS) is 18.1. The van der Waals surface area contributed by atoms with Crippen molar-refractivity contribution in [2.45, 2.75) is 44.6 Å². The van der Waals surface area contributed by atoms with Crippen molar-refractivity contribution in [2.24, 2.45) is 0 Å². The Morgan fingerprint density at radius 1 is 1.03 bits per heavy atom. The van der Waals surface area contributed by atoms with Gasteiger partial charge in [0.25, 0.3) is 5.91 Å². The Labute approximate surface area is 181 Å². The van der Waals surface area contributed by atoms with Gasteiger partial charge in [-0.2, -0.15) is 10.1 Å². The number of aromatic amines is 1. The number of nitrogens with zero attached hydrogens (tertiary/aromatic N) is 5. The van der Waals surface area contributed by atoms with Gasteiger partial charge in [0.2, 0.25) is 5.95 Å². The zero-order valence-corrected chi connectivity index (χ0v) is 17.7. The molecule has 8 nitrogen and oxygen atoms in total. The molecule has 1 amide bonds. The maximum Gasteiger partial charge on any atom is 0.254 e. The summed E-state index contributed by atoms with van der Waals surface area (Å²) in [6.45, 7) is 2.50. The Balaban J connectivity index is 1.46. The molecule has 162 valence electrons. The van der Waals surface area contributed by atoms with Crippen LogP contribution in [-0.2, 0) is 4.74 Å². The Morgan fingerprint density at radius 2 is 1.77 bits per heavy atom. The number of ether oxygens (including phenoxy) is 1. The van der Waals surface area contributed by atoms with Gasteiger partial charge in [-0.15, -0.1) is 0 Å². The standard InChI is InChI=1S/C23H28N6O2/c30-22(28-11-13-31-14-12-28)17-7-9-20(10-8-17)29(19-5-3-1-2-4-6-19)23-24-15-18-16-25-27-21(18)26-23/h7-10,15-16,19H,1-6,11-14H2,(H,24,25,26,27). The minimum atomic E-state index is 0.0611. The number of aromatic nitrogens is 4. The average molecular weight is 421 g/mol. The van der Waals surface area contributed by atoms with Crippen LogP contribution in [0.3, 0.4) is 0 Å².